The van der Waals surface area contributed by atoms with Crippen LogP contribution in [0.4, 0.5) is 0 Å². The molecule has 1 fully saturated rings. The van der Waals surface area contributed by atoms with E-state index in [1.165, 1.54) is 0 Å². The average molecular weight is 249 g/mol. The van der Waals surface area contributed by atoms with Crippen LogP contribution in [0.5, 0.6) is 5.75 Å². The molecule has 5 nitrogen and oxygen atoms in total. The Balaban J connectivity index is 1.81. The van der Waals surface area contributed by atoms with Crippen molar-refractivity contribution < 1.29 is 9.53 Å². The molecule has 2 unspecified atom stereocenters. The molecule has 98 valence electrons. The number of carbonyl (C=O) groups is 1. The standard InChI is InChI=1S/C13H19N3O2/c1-10(18-12-5-3-7-15-9-12)13(17)16-11-4-2-6-14-8-11/h3,5,7,9-11,14H,2,4,6,8H2,1H3,(H,16,17). The molecule has 1 aromatic rings. The molecule has 0 saturated carbocycles. The van der Waals surface area contributed by atoms with E-state index < -0.39 is 6.10 Å². The number of pyridine rings is 1. The quantitative estimate of drug-likeness (QED) is 0.825. The molecule has 0 aliphatic carbocycles. The third-order valence-electron chi connectivity index (χ3n) is 2.96. The minimum Gasteiger partial charge on any atom is -0.479 e. The van der Waals surface area contributed by atoms with Crippen molar-refractivity contribution in [2.75, 3.05) is 13.1 Å². The van der Waals surface area contributed by atoms with Crippen LogP contribution in [0.3, 0.4) is 0 Å². The maximum absolute atomic E-state index is 11.9. The number of nitrogens with zero attached hydrogens (tertiary/aromatic N) is 1. The van der Waals surface area contributed by atoms with Crippen molar-refractivity contribution in [3.05, 3.63) is 24.5 Å². The predicted octanol–water partition coefficient (Wildman–Crippen LogP) is 0.717. The molecular formula is C13H19N3O2. The van der Waals surface area contributed by atoms with Gasteiger partial charge in [-0.1, -0.05) is 0 Å². The van der Waals surface area contributed by atoms with E-state index in [0.717, 1.165) is 25.9 Å². The van der Waals surface area contributed by atoms with Crippen molar-refractivity contribution in [1.29, 1.82) is 0 Å². The molecule has 1 aromatic heterocycles. The van der Waals surface area contributed by atoms with Crippen LogP contribution < -0.4 is 15.4 Å². The molecule has 5 heteroatoms. The van der Waals surface area contributed by atoms with Gasteiger partial charge in [0.05, 0.1) is 6.20 Å². The molecule has 2 atom stereocenters. The fourth-order valence-electron chi connectivity index (χ4n) is 1.97. The second kappa shape index (κ2) is 6.35. The summed E-state index contributed by atoms with van der Waals surface area (Å²) in [5, 5.41) is 6.26. The molecule has 0 radical (unpaired) electrons. The fourth-order valence-corrected chi connectivity index (χ4v) is 1.97. The first-order valence-electron chi connectivity index (χ1n) is 6.33. The first-order valence-corrected chi connectivity index (χ1v) is 6.33. The molecule has 2 rings (SSSR count). The van der Waals surface area contributed by atoms with E-state index >= 15 is 0 Å². The van der Waals surface area contributed by atoms with Crippen LogP contribution in [0.1, 0.15) is 19.8 Å². The van der Waals surface area contributed by atoms with Crippen LogP contribution in [0.15, 0.2) is 24.5 Å². The molecule has 1 aliphatic rings. The summed E-state index contributed by atoms with van der Waals surface area (Å²) in [7, 11) is 0. The van der Waals surface area contributed by atoms with Gasteiger partial charge in [0.1, 0.15) is 5.75 Å². The maximum atomic E-state index is 11.9. The highest BCUT2D eigenvalue weighted by molar-refractivity contribution is 5.81. The summed E-state index contributed by atoms with van der Waals surface area (Å²) in [6.45, 7) is 3.62. The molecule has 1 saturated heterocycles. The number of aromatic nitrogens is 1. The monoisotopic (exact) mass is 249 g/mol. The summed E-state index contributed by atoms with van der Waals surface area (Å²) < 4.78 is 5.52. The lowest BCUT2D eigenvalue weighted by Crippen LogP contribution is -2.49. The first kappa shape index (κ1) is 12.8. The Labute approximate surface area is 107 Å². The summed E-state index contributed by atoms with van der Waals surface area (Å²) in [5.41, 5.74) is 0. The van der Waals surface area contributed by atoms with Crippen molar-refractivity contribution in [2.24, 2.45) is 0 Å². The largest absolute Gasteiger partial charge is 0.479 e. The van der Waals surface area contributed by atoms with E-state index in [9.17, 15) is 4.79 Å². The smallest absolute Gasteiger partial charge is 0.261 e. The Morgan fingerprint density at radius 1 is 1.67 bits per heavy atom. The van der Waals surface area contributed by atoms with Gasteiger partial charge in [-0.2, -0.15) is 0 Å². The number of hydrogen-bond donors (Lipinski definition) is 2. The Bertz CT molecular complexity index is 377. The molecule has 1 amide bonds. The van der Waals surface area contributed by atoms with E-state index in [1.807, 2.05) is 0 Å². The number of rotatable bonds is 4. The molecule has 0 spiro atoms. The molecule has 0 bridgehead atoms. The van der Waals surface area contributed by atoms with Gasteiger partial charge in [-0.15, -0.1) is 0 Å². The van der Waals surface area contributed by atoms with E-state index in [-0.39, 0.29) is 11.9 Å². The summed E-state index contributed by atoms with van der Waals surface area (Å²) in [4.78, 5) is 15.9. The Morgan fingerprint density at radius 3 is 3.22 bits per heavy atom. The average Bonchev–Trinajstić information content (AvgIpc) is 2.41. The highest BCUT2D eigenvalue weighted by Gasteiger charge is 2.20. The molecule has 0 aromatic carbocycles. The van der Waals surface area contributed by atoms with Gasteiger partial charge in [-0.05, 0) is 38.4 Å². The Kier molecular flexibility index (Phi) is 4.52. The van der Waals surface area contributed by atoms with Crippen molar-refractivity contribution in [1.82, 2.24) is 15.6 Å². The molecule has 18 heavy (non-hydrogen) atoms. The van der Waals surface area contributed by atoms with Crippen LogP contribution in [0.2, 0.25) is 0 Å². The van der Waals surface area contributed by atoms with E-state index in [4.69, 9.17) is 4.74 Å². The lowest BCUT2D eigenvalue weighted by molar-refractivity contribution is -0.128. The van der Waals surface area contributed by atoms with Crippen LogP contribution in [0.25, 0.3) is 0 Å². The van der Waals surface area contributed by atoms with Crippen LogP contribution in [-0.4, -0.2) is 36.1 Å². The number of ether oxygens (including phenoxy) is 1. The molecule has 2 heterocycles. The third-order valence-corrected chi connectivity index (χ3v) is 2.96. The lowest BCUT2D eigenvalue weighted by atomic mass is 10.1. The van der Waals surface area contributed by atoms with Crippen LogP contribution >= 0.6 is 0 Å². The maximum Gasteiger partial charge on any atom is 0.261 e. The molecular weight excluding hydrogens is 230 g/mol. The van der Waals surface area contributed by atoms with E-state index in [0.29, 0.717) is 5.75 Å². The van der Waals surface area contributed by atoms with Gasteiger partial charge in [0.2, 0.25) is 0 Å². The summed E-state index contributed by atoms with van der Waals surface area (Å²) >= 11 is 0. The Hall–Kier alpha value is -1.62. The van der Waals surface area contributed by atoms with Crippen LogP contribution in [-0.2, 0) is 4.79 Å². The zero-order valence-electron chi connectivity index (χ0n) is 10.6. The number of amides is 1. The number of nitrogens with one attached hydrogen (secondary N) is 2. The zero-order chi connectivity index (χ0) is 12.8. The van der Waals surface area contributed by atoms with Gasteiger partial charge < -0.3 is 15.4 Å². The normalized spacial score (nSPS) is 21.1. The summed E-state index contributed by atoms with van der Waals surface area (Å²) in [6.07, 6.45) is 4.90. The topological polar surface area (TPSA) is 63.2 Å². The van der Waals surface area contributed by atoms with Gasteiger partial charge in [0, 0.05) is 18.8 Å². The minimum atomic E-state index is -0.504. The molecule has 2 N–H and O–H groups in total. The van der Waals surface area contributed by atoms with Gasteiger partial charge >= 0.3 is 0 Å². The van der Waals surface area contributed by atoms with E-state index in [1.54, 1.807) is 31.5 Å². The van der Waals surface area contributed by atoms with Crippen molar-refractivity contribution >= 4 is 5.91 Å². The van der Waals surface area contributed by atoms with Crippen LogP contribution in [0, 0.1) is 0 Å². The Morgan fingerprint density at radius 2 is 2.56 bits per heavy atom. The summed E-state index contributed by atoms with van der Waals surface area (Å²) in [5.74, 6) is 0.537. The minimum absolute atomic E-state index is 0.0763. The second-order valence-electron chi connectivity index (χ2n) is 4.50. The zero-order valence-corrected chi connectivity index (χ0v) is 10.6. The van der Waals surface area contributed by atoms with E-state index in [2.05, 4.69) is 15.6 Å². The highest BCUT2D eigenvalue weighted by atomic mass is 16.5. The number of carbonyl (C=O) groups excluding carboxylic acids is 1. The van der Waals surface area contributed by atoms with Gasteiger partial charge in [0.15, 0.2) is 6.10 Å². The van der Waals surface area contributed by atoms with Crippen molar-refractivity contribution in [3.63, 3.8) is 0 Å². The van der Waals surface area contributed by atoms with Gasteiger partial charge in [0.25, 0.3) is 5.91 Å². The lowest BCUT2D eigenvalue weighted by Gasteiger charge is -2.25. The number of piperidine rings is 1. The first-order chi connectivity index (χ1) is 8.75. The highest BCUT2D eigenvalue weighted by Crippen LogP contribution is 2.09. The summed E-state index contributed by atoms with van der Waals surface area (Å²) in [6, 6.07) is 3.79. The second-order valence-corrected chi connectivity index (χ2v) is 4.50. The fraction of sp³-hybridized carbons (Fsp3) is 0.538. The van der Waals surface area contributed by atoms with Gasteiger partial charge in [-0.25, -0.2) is 0 Å². The SMILES string of the molecule is CC(Oc1cccnc1)C(=O)NC1CCCNC1. The van der Waals surface area contributed by atoms with Crippen molar-refractivity contribution in [3.8, 4) is 5.75 Å². The van der Waals surface area contributed by atoms with Gasteiger partial charge in [-0.3, -0.25) is 9.78 Å². The number of hydrogen-bond acceptors (Lipinski definition) is 4. The molecule has 1 aliphatic heterocycles. The predicted molar refractivity (Wildman–Crippen MR) is 68.4 cm³/mol. The van der Waals surface area contributed by atoms with Crippen molar-refractivity contribution in [2.45, 2.75) is 31.9 Å². The third kappa shape index (κ3) is 3.70.